The van der Waals surface area contributed by atoms with E-state index in [1.165, 1.54) is 29.1 Å². The fourth-order valence-electron chi connectivity index (χ4n) is 2.46. The molecule has 0 spiro atoms. The van der Waals surface area contributed by atoms with Crippen LogP contribution in [0.15, 0.2) is 29.6 Å². The second-order valence-corrected chi connectivity index (χ2v) is 5.79. The fourth-order valence-corrected chi connectivity index (χ4v) is 3.34. The molecule has 100 valence electrons. The standard InChI is InChI=1S/C15H18N2OS/c1-18-12-5-2-4-11(8-12)9-15-17-14(10-19-15)13-6-3-7-16-13/h2,4-5,8,10,13,16H,3,6-7,9H2,1H3. The van der Waals surface area contributed by atoms with Crippen LogP contribution in [0.25, 0.3) is 0 Å². The van der Waals surface area contributed by atoms with E-state index in [1.54, 1.807) is 18.4 Å². The third-order valence-corrected chi connectivity index (χ3v) is 4.34. The quantitative estimate of drug-likeness (QED) is 0.930. The first kappa shape index (κ1) is 12.6. The summed E-state index contributed by atoms with van der Waals surface area (Å²) in [7, 11) is 1.70. The number of hydrogen-bond donors (Lipinski definition) is 1. The average Bonchev–Trinajstić information content (AvgIpc) is 3.09. The van der Waals surface area contributed by atoms with E-state index in [9.17, 15) is 0 Å². The maximum absolute atomic E-state index is 5.25. The van der Waals surface area contributed by atoms with Gasteiger partial charge in [-0.3, -0.25) is 0 Å². The lowest BCUT2D eigenvalue weighted by Crippen LogP contribution is -2.13. The molecular formula is C15H18N2OS. The van der Waals surface area contributed by atoms with Gasteiger partial charge in [-0.1, -0.05) is 12.1 Å². The van der Waals surface area contributed by atoms with Gasteiger partial charge in [-0.15, -0.1) is 11.3 Å². The summed E-state index contributed by atoms with van der Waals surface area (Å²) in [6.45, 7) is 1.12. The van der Waals surface area contributed by atoms with Crippen molar-refractivity contribution in [2.45, 2.75) is 25.3 Å². The highest BCUT2D eigenvalue weighted by Crippen LogP contribution is 2.26. The van der Waals surface area contributed by atoms with E-state index in [1.807, 2.05) is 12.1 Å². The molecule has 1 N–H and O–H groups in total. The van der Waals surface area contributed by atoms with Gasteiger partial charge < -0.3 is 10.1 Å². The van der Waals surface area contributed by atoms with Crippen LogP contribution < -0.4 is 10.1 Å². The highest BCUT2D eigenvalue weighted by Gasteiger charge is 2.18. The lowest BCUT2D eigenvalue weighted by Gasteiger charge is -2.05. The number of ether oxygens (including phenoxy) is 1. The normalized spacial score (nSPS) is 18.7. The van der Waals surface area contributed by atoms with Crippen LogP contribution in [0.1, 0.15) is 35.1 Å². The second-order valence-electron chi connectivity index (χ2n) is 4.84. The summed E-state index contributed by atoms with van der Waals surface area (Å²) in [5.41, 5.74) is 2.46. The lowest BCUT2D eigenvalue weighted by atomic mass is 10.1. The largest absolute Gasteiger partial charge is 0.497 e. The molecule has 0 saturated carbocycles. The van der Waals surface area contributed by atoms with Crippen molar-refractivity contribution in [1.82, 2.24) is 10.3 Å². The minimum absolute atomic E-state index is 0.468. The molecule has 1 aromatic heterocycles. The number of nitrogens with one attached hydrogen (secondary N) is 1. The van der Waals surface area contributed by atoms with Gasteiger partial charge in [0.2, 0.25) is 0 Å². The minimum atomic E-state index is 0.468. The SMILES string of the molecule is COc1cccc(Cc2nc(C3CCCN3)cs2)c1. The maximum Gasteiger partial charge on any atom is 0.119 e. The summed E-state index contributed by atoms with van der Waals surface area (Å²) in [6, 6.07) is 8.67. The van der Waals surface area contributed by atoms with Crippen molar-refractivity contribution >= 4 is 11.3 Å². The van der Waals surface area contributed by atoms with E-state index < -0.39 is 0 Å². The van der Waals surface area contributed by atoms with Crippen molar-refractivity contribution < 1.29 is 4.74 Å². The predicted octanol–water partition coefficient (Wildman–Crippen LogP) is 3.17. The van der Waals surface area contributed by atoms with Crippen LogP contribution in [0.2, 0.25) is 0 Å². The van der Waals surface area contributed by atoms with Gasteiger partial charge in [-0.05, 0) is 37.1 Å². The summed E-state index contributed by atoms with van der Waals surface area (Å²) in [4.78, 5) is 4.76. The molecule has 3 rings (SSSR count). The molecule has 0 amide bonds. The van der Waals surface area contributed by atoms with Crippen LogP contribution in [0.3, 0.4) is 0 Å². The molecule has 1 atom stereocenters. The third-order valence-electron chi connectivity index (χ3n) is 3.48. The Bertz CT molecular complexity index is 547. The summed E-state index contributed by atoms with van der Waals surface area (Å²) in [5, 5.41) is 6.86. The molecule has 0 aliphatic carbocycles. The van der Waals surface area contributed by atoms with Crippen LogP contribution in [0.4, 0.5) is 0 Å². The Kier molecular flexibility index (Phi) is 3.80. The number of benzene rings is 1. The molecule has 0 radical (unpaired) electrons. The summed E-state index contributed by atoms with van der Waals surface area (Å²) in [6.07, 6.45) is 3.35. The van der Waals surface area contributed by atoms with Crippen LogP contribution in [-0.4, -0.2) is 18.6 Å². The van der Waals surface area contributed by atoms with Crippen molar-refractivity contribution in [3.63, 3.8) is 0 Å². The molecule has 1 aliphatic heterocycles. The molecule has 3 nitrogen and oxygen atoms in total. The number of nitrogens with zero attached hydrogens (tertiary/aromatic N) is 1. The van der Waals surface area contributed by atoms with Crippen LogP contribution in [0.5, 0.6) is 5.75 Å². The minimum Gasteiger partial charge on any atom is -0.497 e. The smallest absolute Gasteiger partial charge is 0.119 e. The van der Waals surface area contributed by atoms with Gasteiger partial charge in [0.15, 0.2) is 0 Å². The Morgan fingerprint density at radius 3 is 3.21 bits per heavy atom. The van der Waals surface area contributed by atoms with Gasteiger partial charge in [0.05, 0.1) is 23.9 Å². The monoisotopic (exact) mass is 274 g/mol. The Hall–Kier alpha value is -1.39. The van der Waals surface area contributed by atoms with Gasteiger partial charge in [0.1, 0.15) is 5.75 Å². The summed E-state index contributed by atoms with van der Waals surface area (Å²) < 4.78 is 5.25. The highest BCUT2D eigenvalue weighted by atomic mass is 32.1. The van der Waals surface area contributed by atoms with E-state index in [-0.39, 0.29) is 0 Å². The Balaban J connectivity index is 1.72. The lowest BCUT2D eigenvalue weighted by molar-refractivity contribution is 0.414. The molecule has 1 aliphatic rings. The van der Waals surface area contributed by atoms with Gasteiger partial charge in [-0.2, -0.15) is 0 Å². The van der Waals surface area contributed by atoms with E-state index in [4.69, 9.17) is 9.72 Å². The number of thiazole rings is 1. The van der Waals surface area contributed by atoms with Crippen molar-refractivity contribution in [3.8, 4) is 5.75 Å². The first-order chi connectivity index (χ1) is 9.35. The van der Waals surface area contributed by atoms with Crippen LogP contribution in [-0.2, 0) is 6.42 Å². The number of hydrogen-bond acceptors (Lipinski definition) is 4. The van der Waals surface area contributed by atoms with E-state index in [0.29, 0.717) is 6.04 Å². The van der Waals surface area contributed by atoms with Gasteiger partial charge >= 0.3 is 0 Å². The van der Waals surface area contributed by atoms with E-state index in [2.05, 4.69) is 22.8 Å². The number of rotatable bonds is 4. The first-order valence-electron chi connectivity index (χ1n) is 6.66. The molecule has 2 aromatic rings. The predicted molar refractivity (Wildman–Crippen MR) is 77.9 cm³/mol. The fraction of sp³-hybridized carbons (Fsp3) is 0.400. The van der Waals surface area contributed by atoms with Crippen molar-refractivity contribution in [2.24, 2.45) is 0 Å². The topological polar surface area (TPSA) is 34.1 Å². The van der Waals surface area contributed by atoms with E-state index in [0.717, 1.165) is 18.7 Å². The Morgan fingerprint density at radius 2 is 2.42 bits per heavy atom. The zero-order valence-corrected chi connectivity index (χ0v) is 11.9. The van der Waals surface area contributed by atoms with Crippen molar-refractivity contribution in [1.29, 1.82) is 0 Å². The molecule has 4 heteroatoms. The van der Waals surface area contributed by atoms with E-state index >= 15 is 0 Å². The molecule has 2 heterocycles. The molecule has 1 saturated heterocycles. The van der Waals surface area contributed by atoms with Gasteiger partial charge in [0, 0.05) is 11.8 Å². The molecule has 1 aromatic carbocycles. The molecule has 1 unspecified atom stereocenters. The van der Waals surface area contributed by atoms with Crippen molar-refractivity contribution in [2.75, 3.05) is 13.7 Å². The van der Waals surface area contributed by atoms with Gasteiger partial charge in [0.25, 0.3) is 0 Å². The second kappa shape index (κ2) is 5.72. The zero-order chi connectivity index (χ0) is 13.1. The maximum atomic E-state index is 5.25. The van der Waals surface area contributed by atoms with Crippen molar-refractivity contribution in [3.05, 3.63) is 45.9 Å². The number of aromatic nitrogens is 1. The third kappa shape index (κ3) is 2.96. The molecular weight excluding hydrogens is 256 g/mol. The van der Waals surface area contributed by atoms with Crippen LogP contribution in [0, 0.1) is 0 Å². The summed E-state index contributed by atoms with van der Waals surface area (Å²) >= 11 is 1.75. The average molecular weight is 274 g/mol. The highest BCUT2D eigenvalue weighted by molar-refractivity contribution is 7.09. The summed E-state index contributed by atoms with van der Waals surface area (Å²) in [5.74, 6) is 0.909. The van der Waals surface area contributed by atoms with Gasteiger partial charge in [-0.25, -0.2) is 4.98 Å². The zero-order valence-electron chi connectivity index (χ0n) is 11.1. The van der Waals surface area contributed by atoms with Crippen LogP contribution >= 0.6 is 11.3 Å². The molecule has 19 heavy (non-hydrogen) atoms. The number of methoxy groups -OCH3 is 1. The Labute approximate surface area is 117 Å². The molecule has 0 bridgehead atoms. The Morgan fingerprint density at radius 1 is 1.47 bits per heavy atom. The molecule has 1 fully saturated rings. The first-order valence-corrected chi connectivity index (χ1v) is 7.54.